The molecular formula is C11H12O2. The van der Waals surface area contributed by atoms with Crippen LogP contribution in [0.4, 0.5) is 0 Å². The molecule has 0 N–H and O–H groups in total. The monoisotopic (exact) mass is 176 g/mol. The SMILES string of the molecule is C=CC(=O)c1ccc(COC)cc1. The molecule has 0 spiro atoms. The largest absolute Gasteiger partial charge is 0.380 e. The molecule has 1 aromatic carbocycles. The summed E-state index contributed by atoms with van der Waals surface area (Å²) in [5.41, 5.74) is 1.72. The third kappa shape index (κ3) is 2.53. The van der Waals surface area contributed by atoms with E-state index in [0.29, 0.717) is 12.2 Å². The van der Waals surface area contributed by atoms with Crippen molar-refractivity contribution in [3.8, 4) is 0 Å². The highest BCUT2D eigenvalue weighted by molar-refractivity contribution is 6.04. The van der Waals surface area contributed by atoms with Gasteiger partial charge >= 0.3 is 0 Å². The van der Waals surface area contributed by atoms with E-state index in [9.17, 15) is 4.79 Å². The second kappa shape index (κ2) is 4.58. The summed E-state index contributed by atoms with van der Waals surface area (Å²) in [4.78, 5) is 11.1. The highest BCUT2D eigenvalue weighted by atomic mass is 16.5. The molecule has 0 aromatic heterocycles. The third-order valence-corrected chi connectivity index (χ3v) is 1.73. The summed E-state index contributed by atoms with van der Waals surface area (Å²) < 4.78 is 4.95. The molecule has 2 heteroatoms. The Labute approximate surface area is 77.8 Å². The van der Waals surface area contributed by atoms with Crippen molar-refractivity contribution in [3.63, 3.8) is 0 Å². The number of ether oxygens (including phenoxy) is 1. The first-order chi connectivity index (χ1) is 6.27. The Balaban J connectivity index is 2.80. The first-order valence-corrected chi connectivity index (χ1v) is 4.02. The average Bonchev–Trinajstić information content (AvgIpc) is 2.18. The van der Waals surface area contributed by atoms with Gasteiger partial charge in [0.05, 0.1) is 6.61 Å². The summed E-state index contributed by atoms with van der Waals surface area (Å²) in [6, 6.07) is 7.30. The molecule has 0 aliphatic carbocycles. The van der Waals surface area contributed by atoms with Crippen LogP contribution in [-0.4, -0.2) is 12.9 Å². The van der Waals surface area contributed by atoms with Crippen LogP contribution in [0.25, 0.3) is 0 Å². The van der Waals surface area contributed by atoms with Gasteiger partial charge < -0.3 is 4.74 Å². The lowest BCUT2D eigenvalue weighted by atomic mass is 10.1. The summed E-state index contributed by atoms with van der Waals surface area (Å²) in [6.07, 6.45) is 1.31. The second-order valence-electron chi connectivity index (χ2n) is 2.70. The molecule has 0 saturated heterocycles. The van der Waals surface area contributed by atoms with Crippen LogP contribution in [0, 0.1) is 0 Å². The zero-order valence-corrected chi connectivity index (χ0v) is 7.62. The van der Waals surface area contributed by atoms with E-state index in [0.717, 1.165) is 5.56 Å². The lowest BCUT2D eigenvalue weighted by Gasteiger charge is -2.00. The van der Waals surface area contributed by atoms with Gasteiger partial charge in [-0.1, -0.05) is 30.8 Å². The molecule has 0 aliphatic rings. The van der Waals surface area contributed by atoms with E-state index in [1.807, 2.05) is 12.1 Å². The molecule has 0 bridgehead atoms. The topological polar surface area (TPSA) is 26.3 Å². The predicted octanol–water partition coefficient (Wildman–Crippen LogP) is 2.20. The minimum atomic E-state index is -0.0519. The van der Waals surface area contributed by atoms with E-state index in [1.54, 1.807) is 19.2 Å². The van der Waals surface area contributed by atoms with Gasteiger partial charge in [-0.2, -0.15) is 0 Å². The average molecular weight is 176 g/mol. The first-order valence-electron chi connectivity index (χ1n) is 4.02. The Morgan fingerprint density at radius 2 is 2.08 bits per heavy atom. The van der Waals surface area contributed by atoms with Gasteiger partial charge in [-0.25, -0.2) is 0 Å². The smallest absolute Gasteiger partial charge is 0.185 e. The molecule has 0 amide bonds. The van der Waals surface area contributed by atoms with Gasteiger partial charge in [0.2, 0.25) is 0 Å². The second-order valence-corrected chi connectivity index (χ2v) is 2.70. The number of hydrogen-bond acceptors (Lipinski definition) is 2. The molecule has 1 rings (SSSR count). The van der Waals surface area contributed by atoms with Crippen LogP contribution in [0.2, 0.25) is 0 Å². The van der Waals surface area contributed by atoms with E-state index in [4.69, 9.17) is 4.74 Å². The molecule has 0 fully saturated rings. The summed E-state index contributed by atoms with van der Waals surface area (Å²) in [5.74, 6) is -0.0519. The fourth-order valence-corrected chi connectivity index (χ4v) is 1.05. The number of hydrogen-bond donors (Lipinski definition) is 0. The van der Waals surface area contributed by atoms with Crippen molar-refractivity contribution >= 4 is 5.78 Å². The number of carbonyl (C=O) groups is 1. The molecule has 0 atom stereocenters. The van der Waals surface area contributed by atoms with E-state index in [2.05, 4.69) is 6.58 Å². The van der Waals surface area contributed by atoms with E-state index in [1.165, 1.54) is 6.08 Å². The van der Waals surface area contributed by atoms with Crippen LogP contribution < -0.4 is 0 Å². The maximum absolute atomic E-state index is 11.1. The molecule has 13 heavy (non-hydrogen) atoms. The zero-order chi connectivity index (χ0) is 9.68. The van der Waals surface area contributed by atoms with Gasteiger partial charge in [-0.05, 0) is 11.6 Å². The van der Waals surface area contributed by atoms with Crippen molar-refractivity contribution in [2.75, 3.05) is 7.11 Å². The van der Waals surface area contributed by atoms with Gasteiger partial charge in [0, 0.05) is 12.7 Å². The number of methoxy groups -OCH3 is 1. The van der Waals surface area contributed by atoms with Crippen molar-refractivity contribution in [1.29, 1.82) is 0 Å². The molecule has 0 radical (unpaired) electrons. The normalized spacial score (nSPS) is 9.62. The van der Waals surface area contributed by atoms with Crippen molar-refractivity contribution < 1.29 is 9.53 Å². The Bertz CT molecular complexity index is 298. The highest BCUT2D eigenvalue weighted by Crippen LogP contribution is 2.06. The molecule has 0 saturated carbocycles. The number of allylic oxidation sites excluding steroid dienone is 1. The van der Waals surface area contributed by atoms with E-state index >= 15 is 0 Å². The summed E-state index contributed by atoms with van der Waals surface area (Å²) in [6.45, 7) is 3.99. The van der Waals surface area contributed by atoms with Crippen LogP contribution in [-0.2, 0) is 11.3 Å². The van der Waals surface area contributed by atoms with Crippen LogP contribution in [0.1, 0.15) is 15.9 Å². The Hall–Kier alpha value is -1.41. The molecule has 68 valence electrons. The number of carbonyl (C=O) groups excluding carboxylic acids is 1. The van der Waals surface area contributed by atoms with Gasteiger partial charge in [0.15, 0.2) is 5.78 Å². The first kappa shape index (κ1) is 9.68. The van der Waals surface area contributed by atoms with Gasteiger partial charge in [-0.15, -0.1) is 0 Å². The van der Waals surface area contributed by atoms with Crippen molar-refractivity contribution in [2.45, 2.75) is 6.61 Å². The fraction of sp³-hybridized carbons (Fsp3) is 0.182. The van der Waals surface area contributed by atoms with Crippen molar-refractivity contribution in [3.05, 3.63) is 48.0 Å². The number of benzene rings is 1. The van der Waals surface area contributed by atoms with E-state index < -0.39 is 0 Å². The highest BCUT2D eigenvalue weighted by Gasteiger charge is 1.99. The third-order valence-electron chi connectivity index (χ3n) is 1.73. The maximum atomic E-state index is 11.1. The maximum Gasteiger partial charge on any atom is 0.185 e. The van der Waals surface area contributed by atoms with Crippen LogP contribution in [0.3, 0.4) is 0 Å². The fourth-order valence-electron chi connectivity index (χ4n) is 1.05. The minimum absolute atomic E-state index is 0.0519. The van der Waals surface area contributed by atoms with Gasteiger partial charge in [0.1, 0.15) is 0 Å². The summed E-state index contributed by atoms with van der Waals surface area (Å²) in [5, 5.41) is 0. The van der Waals surface area contributed by atoms with Crippen LogP contribution >= 0.6 is 0 Å². The van der Waals surface area contributed by atoms with Crippen LogP contribution in [0.15, 0.2) is 36.9 Å². The predicted molar refractivity (Wildman–Crippen MR) is 51.7 cm³/mol. The van der Waals surface area contributed by atoms with Crippen molar-refractivity contribution in [1.82, 2.24) is 0 Å². The molecular weight excluding hydrogens is 164 g/mol. The zero-order valence-electron chi connectivity index (χ0n) is 7.62. The number of rotatable bonds is 4. The Morgan fingerprint density at radius 3 is 2.54 bits per heavy atom. The van der Waals surface area contributed by atoms with Gasteiger partial charge in [0.25, 0.3) is 0 Å². The lowest BCUT2D eigenvalue weighted by Crippen LogP contribution is -1.94. The Morgan fingerprint density at radius 1 is 1.46 bits per heavy atom. The minimum Gasteiger partial charge on any atom is -0.380 e. The van der Waals surface area contributed by atoms with Crippen LogP contribution in [0.5, 0.6) is 0 Å². The molecule has 2 nitrogen and oxygen atoms in total. The summed E-state index contributed by atoms with van der Waals surface area (Å²) >= 11 is 0. The molecule has 1 aromatic rings. The van der Waals surface area contributed by atoms with E-state index in [-0.39, 0.29) is 5.78 Å². The molecule has 0 unspecified atom stereocenters. The lowest BCUT2D eigenvalue weighted by molar-refractivity contribution is 0.104. The number of ketones is 1. The molecule has 0 heterocycles. The summed E-state index contributed by atoms with van der Waals surface area (Å²) in [7, 11) is 1.64. The van der Waals surface area contributed by atoms with Gasteiger partial charge in [-0.3, -0.25) is 4.79 Å². The Kier molecular flexibility index (Phi) is 3.41. The molecule has 0 aliphatic heterocycles. The standard InChI is InChI=1S/C11H12O2/c1-3-11(12)10-6-4-9(5-7-10)8-13-2/h3-7H,1,8H2,2H3. The van der Waals surface area contributed by atoms with Crippen molar-refractivity contribution in [2.24, 2.45) is 0 Å². The quantitative estimate of drug-likeness (QED) is 0.519.